The first-order chi connectivity index (χ1) is 9.70. The van der Waals surface area contributed by atoms with Gasteiger partial charge < -0.3 is 10.1 Å². The fourth-order valence-electron chi connectivity index (χ4n) is 3.65. The lowest BCUT2D eigenvalue weighted by Crippen LogP contribution is -2.43. The number of rotatable bonds is 4. The Morgan fingerprint density at radius 1 is 1.25 bits per heavy atom. The molecule has 1 aromatic carbocycles. The highest BCUT2D eigenvalue weighted by atomic mass is 16.6. The predicted molar refractivity (Wildman–Crippen MR) is 78.5 cm³/mol. The Kier molecular flexibility index (Phi) is 3.79. The third kappa shape index (κ3) is 2.59. The lowest BCUT2D eigenvalue weighted by molar-refractivity contribution is -0.142. The lowest BCUT2D eigenvalue weighted by Gasteiger charge is -2.31. The van der Waals surface area contributed by atoms with Crippen molar-refractivity contribution >= 4 is 5.97 Å². The van der Waals surface area contributed by atoms with Crippen LogP contribution in [0.2, 0.25) is 0 Å². The fraction of sp³-hybridized carbons (Fsp3) is 0.588. The van der Waals surface area contributed by atoms with E-state index in [4.69, 9.17) is 4.74 Å². The second-order valence-corrected chi connectivity index (χ2v) is 6.27. The van der Waals surface area contributed by atoms with Crippen molar-refractivity contribution in [1.29, 1.82) is 0 Å². The van der Waals surface area contributed by atoms with Crippen LogP contribution in [-0.4, -0.2) is 24.7 Å². The van der Waals surface area contributed by atoms with E-state index in [1.807, 2.05) is 6.92 Å². The van der Waals surface area contributed by atoms with Crippen LogP contribution in [0.15, 0.2) is 30.3 Å². The molecule has 0 amide bonds. The van der Waals surface area contributed by atoms with Crippen LogP contribution in [0.4, 0.5) is 0 Å². The van der Waals surface area contributed by atoms with Gasteiger partial charge in [-0.05, 0) is 25.3 Å². The van der Waals surface area contributed by atoms with E-state index >= 15 is 0 Å². The maximum Gasteiger partial charge on any atom is 0.323 e. The first-order valence-electron chi connectivity index (χ1n) is 7.69. The number of esters is 1. The van der Waals surface area contributed by atoms with Crippen LogP contribution in [0.1, 0.15) is 44.6 Å². The average Bonchev–Trinajstić information content (AvgIpc) is 3.05. The van der Waals surface area contributed by atoms with Gasteiger partial charge >= 0.3 is 5.97 Å². The molecule has 3 heteroatoms. The molecule has 0 aromatic heterocycles. The molecule has 2 atom stereocenters. The molecule has 2 fully saturated rings. The van der Waals surface area contributed by atoms with Crippen LogP contribution in [0, 0.1) is 0 Å². The van der Waals surface area contributed by atoms with Crippen molar-refractivity contribution in [3.05, 3.63) is 35.9 Å². The van der Waals surface area contributed by atoms with Gasteiger partial charge in [-0.25, -0.2) is 0 Å². The first-order valence-corrected chi connectivity index (χ1v) is 7.69. The van der Waals surface area contributed by atoms with E-state index in [0.717, 1.165) is 13.0 Å². The van der Waals surface area contributed by atoms with Crippen LogP contribution in [0.3, 0.4) is 0 Å². The maximum absolute atomic E-state index is 11.7. The summed E-state index contributed by atoms with van der Waals surface area (Å²) < 4.78 is 5.23. The summed E-state index contributed by atoms with van der Waals surface area (Å²) in [5, 5.41) is 3.47. The van der Waals surface area contributed by atoms with Crippen LogP contribution < -0.4 is 5.32 Å². The summed E-state index contributed by atoms with van der Waals surface area (Å²) in [5.74, 6) is -0.0845. The second kappa shape index (κ2) is 5.57. The number of hydrogen-bond donors (Lipinski definition) is 1. The number of carbonyl (C=O) groups is 1. The largest absolute Gasteiger partial charge is 0.461 e. The minimum Gasteiger partial charge on any atom is -0.461 e. The van der Waals surface area contributed by atoms with E-state index in [-0.39, 0.29) is 23.5 Å². The predicted octanol–water partition coefficient (Wildman–Crippen LogP) is 2.79. The van der Waals surface area contributed by atoms with Crippen molar-refractivity contribution in [3.8, 4) is 0 Å². The number of hydrogen-bond acceptors (Lipinski definition) is 3. The molecule has 1 aromatic rings. The molecule has 0 radical (unpaired) electrons. The minimum absolute atomic E-state index is 0.0521. The summed E-state index contributed by atoms with van der Waals surface area (Å²) in [7, 11) is 0. The molecule has 20 heavy (non-hydrogen) atoms. The first kappa shape index (κ1) is 13.6. The smallest absolute Gasteiger partial charge is 0.323 e. The molecule has 1 heterocycles. The number of nitrogens with one attached hydrogen (secondary N) is 1. The van der Waals surface area contributed by atoms with Crippen LogP contribution in [0.5, 0.6) is 0 Å². The van der Waals surface area contributed by atoms with Crippen molar-refractivity contribution in [3.63, 3.8) is 0 Å². The van der Waals surface area contributed by atoms with Gasteiger partial charge in [0.2, 0.25) is 0 Å². The highest BCUT2D eigenvalue weighted by molar-refractivity contribution is 5.77. The van der Waals surface area contributed by atoms with Crippen molar-refractivity contribution in [2.45, 2.75) is 56.6 Å². The van der Waals surface area contributed by atoms with Gasteiger partial charge in [0, 0.05) is 18.4 Å². The second-order valence-electron chi connectivity index (χ2n) is 6.27. The highest BCUT2D eigenvalue weighted by Gasteiger charge is 2.38. The van der Waals surface area contributed by atoms with Crippen LogP contribution in [-0.2, 0) is 14.9 Å². The molecule has 2 aliphatic rings. The number of carbonyl (C=O) groups excluding carboxylic acids is 1. The van der Waals surface area contributed by atoms with Gasteiger partial charge in [-0.2, -0.15) is 0 Å². The normalized spacial score (nSPS) is 28.6. The zero-order valence-electron chi connectivity index (χ0n) is 12.1. The molecule has 1 N–H and O–H groups in total. The average molecular weight is 273 g/mol. The molecule has 3 nitrogen and oxygen atoms in total. The van der Waals surface area contributed by atoms with E-state index in [1.165, 1.54) is 31.2 Å². The molecular weight excluding hydrogens is 250 g/mol. The maximum atomic E-state index is 11.7. The summed E-state index contributed by atoms with van der Waals surface area (Å²) in [5.41, 5.74) is 1.61. The zero-order valence-corrected chi connectivity index (χ0v) is 12.1. The Balaban J connectivity index is 1.71. The minimum atomic E-state index is -0.119. The topological polar surface area (TPSA) is 38.3 Å². The third-order valence-corrected chi connectivity index (χ3v) is 4.80. The van der Waals surface area contributed by atoms with Crippen molar-refractivity contribution < 1.29 is 9.53 Å². The van der Waals surface area contributed by atoms with Gasteiger partial charge in [0.1, 0.15) is 12.1 Å². The Morgan fingerprint density at radius 3 is 2.55 bits per heavy atom. The molecule has 108 valence electrons. The van der Waals surface area contributed by atoms with Crippen LogP contribution >= 0.6 is 0 Å². The van der Waals surface area contributed by atoms with E-state index < -0.39 is 0 Å². The summed E-state index contributed by atoms with van der Waals surface area (Å²) in [6.45, 7) is 2.84. The lowest BCUT2D eigenvalue weighted by atomic mass is 9.78. The summed E-state index contributed by atoms with van der Waals surface area (Å²) in [6, 6.07) is 10.6. The van der Waals surface area contributed by atoms with Crippen molar-refractivity contribution in [2.24, 2.45) is 0 Å². The molecule has 1 saturated heterocycles. The van der Waals surface area contributed by atoms with Gasteiger partial charge in [-0.3, -0.25) is 4.79 Å². The Morgan fingerprint density at radius 2 is 1.95 bits per heavy atom. The summed E-state index contributed by atoms with van der Waals surface area (Å²) in [4.78, 5) is 11.7. The van der Waals surface area contributed by atoms with Crippen molar-refractivity contribution in [2.75, 3.05) is 6.54 Å². The van der Waals surface area contributed by atoms with E-state index in [9.17, 15) is 4.79 Å². The Hall–Kier alpha value is -1.35. The number of ether oxygens (including phenoxy) is 1. The highest BCUT2D eigenvalue weighted by Crippen LogP contribution is 2.40. The molecular formula is C17H23NO2. The Bertz CT molecular complexity index is 465. The van der Waals surface area contributed by atoms with E-state index in [1.54, 1.807) is 0 Å². The monoisotopic (exact) mass is 273 g/mol. The van der Waals surface area contributed by atoms with E-state index in [0.29, 0.717) is 0 Å². The van der Waals surface area contributed by atoms with Gasteiger partial charge in [-0.15, -0.1) is 0 Å². The molecule has 0 bridgehead atoms. The van der Waals surface area contributed by atoms with Crippen LogP contribution in [0.25, 0.3) is 0 Å². The Labute approximate surface area is 120 Å². The fourth-order valence-corrected chi connectivity index (χ4v) is 3.65. The molecule has 0 unspecified atom stereocenters. The van der Waals surface area contributed by atoms with Gasteiger partial charge in [-0.1, -0.05) is 43.2 Å². The van der Waals surface area contributed by atoms with Crippen molar-refractivity contribution in [1.82, 2.24) is 5.32 Å². The molecule has 1 aliphatic heterocycles. The standard InChI is InChI=1S/C17H23NO2/c1-13-11-15(16(19)20-13)18-12-17(9-5-6-10-17)14-7-3-2-4-8-14/h2-4,7-8,13,15,18H,5-6,9-12H2,1H3/t13-,15+/m0/s1. The summed E-state index contributed by atoms with van der Waals surface area (Å²) in [6.07, 6.45) is 5.83. The van der Waals surface area contributed by atoms with E-state index in [2.05, 4.69) is 35.6 Å². The SMILES string of the molecule is C[C@H]1C[C@@H](NCC2(c3ccccc3)CCCC2)C(=O)O1. The number of benzene rings is 1. The summed E-state index contributed by atoms with van der Waals surface area (Å²) >= 11 is 0. The third-order valence-electron chi connectivity index (χ3n) is 4.80. The number of cyclic esters (lactones) is 1. The van der Waals surface area contributed by atoms with Gasteiger partial charge in [0.15, 0.2) is 0 Å². The molecule has 0 spiro atoms. The quantitative estimate of drug-likeness (QED) is 0.857. The van der Waals surface area contributed by atoms with Gasteiger partial charge in [0.25, 0.3) is 0 Å². The molecule has 1 saturated carbocycles. The molecule has 1 aliphatic carbocycles. The van der Waals surface area contributed by atoms with Gasteiger partial charge in [0.05, 0.1) is 0 Å². The zero-order chi connectivity index (χ0) is 14.0. The molecule has 3 rings (SSSR count).